The number of aromatic nitrogens is 2. The molecule has 2 aromatic carbocycles. The molecule has 0 fully saturated rings. The molecule has 5 rings (SSSR count). The van der Waals surface area contributed by atoms with E-state index in [4.69, 9.17) is 4.74 Å². The average Bonchev–Trinajstić information content (AvgIpc) is 3.34. The Labute approximate surface area is 238 Å². The molecule has 0 radical (unpaired) electrons. The molecule has 3 heterocycles. The molecular weight excluding hydrogens is 525 g/mol. The fourth-order valence-corrected chi connectivity index (χ4v) is 6.07. The van der Waals surface area contributed by atoms with Gasteiger partial charge in [0.25, 0.3) is 0 Å². The van der Waals surface area contributed by atoms with Crippen molar-refractivity contribution >= 4 is 33.3 Å². The Balaban J connectivity index is 1.32. The molecule has 0 saturated carbocycles. The summed E-state index contributed by atoms with van der Waals surface area (Å²) in [4.78, 5) is 28.0. The number of nitrogens with zero attached hydrogens (tertiary/aromatic N) is 4. The Morgan fingerprint density at radius 2 is 1.98 bits per heavy atom. The van der Waals surface area contributed by atoms with Gasteiger partial charge in [0.05, 0.1) is 24.6 Å². The van der Waals surface area contributed by atoms with Crippen molar-refractivity contribution in [1.82, 2.24) is 19.8 Å². The number of ether oxygens (including phenoxy) is 1. The first-order valence-electron chi connectivity index (χ1n) is 13.5. The first-order valence-corrected chi connectivity index (χ1v) is 14.3. The normalized spacial score (nSPS) is 14.2. The molecule has 1 amide bonds. The second-order valence-corrected chi connectivity index (χ2v) is 11.2. The zero-order valence-corrected chi connectivity index (χ0v) is 23.7. The fourth-order valence-electron chi connectivity index (χ4n) is 4.87. The van der Waals surface area contributed by atoms with Crippen molar-refractivity contribution in [3.05, 3.63) is 100 Å². The number of benzene rings is 2. The predicted molar refractivity (Wildman–Crippen MR) is 158 cm³/mol. The summed E-state index contributed by atoms with van der Waals surface area (Å²) in [6.07, 6.45) is 6.60. The number of carbonyl (C=O) groups excluding carboxylic acids is 1. The van der Waals surface area contributed by atoms with Crippen LogP contribution < -0.4 is 5.32 Å². The molecule has 4 aromatic rings. The van der Waals surface area contributed by atoms with Crippen LogP contribution in [0.4, 0.5) is 10.2 Å². The van der Waals surface area contributed by atoms with Crippen LogP contribution in [-0.4, -0.2) is 59.5 Å². The highest BCUT2D eigenvalue weighted by Gasteiger charge is 2.26. The number of anilines is 1. The van der Waals surface area contributed by atoms with Crippen LogP contribution in [0.5, 0.6) is 0 Å². The van der Waals surface area contributed by atoms with Gasteiger partial charge in [-0.25, -0.2) is 14.4 Å². The van der Waals surface area contributed by atoms with E-state index in [-0.39, 0.29) is 24.4 Å². The number of amides is 1. The number of likely N-dealkylation sites (N-methyl/N-ethyl adjacent to an activating group) is 1. The first kappa shape index (κ1) is 27.9. The van der Waals surface area contributed by atoms with Crippen LogP contribution in [0, 0.1) is 5.82 Å². The standard InChI is InChI=1S/C31H34FN5O2S/c1-36(2)16-8-13-28(38)37-17-14-24-27(19-37)40-31-29(24)30(33-21-34-31)35-26(22-9-4-3-5-10-22)15-18-39-20-23-11-6-7-12-25(23)32/h3-13,21,26H,14-20H2,1-2H3,(H,33,34,35)/b13-8+/t26-/m1/s1. The number of rotatable bonds is 11. The third-order valence-corrected chi connectivity index (χ3v) is 8.08. The molecule has 0 bridgehead atoms. The summed E-state index contributed by atoms with van der Waals surface area (Å²) < 4.78 is 19.9. The van der Waals surface area contributed by atoms with E-state index in [0.29, 0.717) is 31.7 Å². The first-order chi connectivity index (χ1) is 19.5. The van der Waals surface area contributed by atoms with Crippen LogP contribution in [0.25, 0.3) is 10.2 Å². The quantitative estimate of drug-likeness (QED) is 0.191. The number of halogens is 1. The summed E-state index contributed by atoms with van der Waals surface area (Å²) in [6.45, 7) is 2.64. The maximum atomic E-state index is 14.0. The van der Waals surface area contributed by atoms with Crippen molar-refractivity contribution in [3.63, 3.8) is 0 Å². The van der Waals surface area contributed by atoms with E-state index < -0.39 is 0 Å². The summed E-state index contributed by atoms with van der Waals surface area (Å²) in [6, 6.07) is 16.8. The lowest BCUT2D eigenvalue weighted by Gasteiger charge is -2.26. The molecule has 7 nitrogen and oxygen atoms in total. The zero-order valence-electron chi connectivity index (χ0n) is 22.8. The number of nitrogens with one attached hydrogen (secondary N) is 1. The number of thiophene rings is 1. The average molecular weight is 560 g/mol. The topological polar surface area (TPSA) is 70.6 Å². The highest BCUT2D eigenvalue weighted by Crippen LogP contribution is 2.38. The van der Waals surface area contributed by atoms with Gasteiger partial charge in [-0.15, -0.1) is 11.3 Å². The SMILES string of the molecule is CN(C)C/C=C/C(=O)N1CCc2c(sc3ncnc(N[C@H](CCOCc4ccccc4F)c4ccccc4)c23)C1. The summed E-state index contributed by atoms with van der Waals surface area (Å²) in [5, 5.41) is 4.70. The fraction of sp³-hybridized carbons (Fsp3) is 0.323. The monoisotopic (exact) mass is 559 g/mol. The van der Waals surface area contributed by atoms with E-state index >= 15 is 0 Å². The van der Waals surface area contributed by atoms with Crippen LogP contribution in [0.2, 0.25) is 0 Å². The van der Waals surface area contributed by atoms with E-state index in [2.05, 4.69) is 27.4 Å². The Morgan fingerprint density at radius 1 is 1.18 bits per heavy atom. The molecule has 1 N–H and O–H groups in total. The second kappa shape index (κ2) is 13.1. The lowest BCUT2D eigenvalue weighted by Crippen LogP contribution is -2.34. The van der Waals surface area contributed by atoms with E-state index in [1.165, 1.54) is 11.6 Å². The van der Waals surface area contributed by atoms with Gasteiger partial charge in [-0.3, -0.25) is 4.79 Å². The molecule has 0 unspecified atom stereocenters. The van der Waals surface area contributed by atoms with Gasteiger partial charge >= 0.3 is 0 Å². The molecular formula is C31H34FN5O2S. The van der Waals surface area contributed by atoms with E-state index in [0.717, 1.165) is 39.4 Å². The Bertz CT molecular complexity index is 1470. The molecule has 1 atom stereocenters. The van der Waals surface area contributed by atoms with Crippen molar-refractivity contribution in [2.45, 2.75) is 32.0 Å². The van der Waals surface area contributed by atoms with Crippen molar-refractivity contribution in [1.29, 1.82) is 0 Å². The maximum Gasteiger partial charge on any atom is 0.246 e. The Kier molecular flexibility index (Phi) is 9.15. The lowest BCUT2D eigenvalue weighted by molar-refractivity contribution is -0.126. The highest BCUT2D eigenvalue weighted by molar-refractivity contribution is 7.19. The zero-order chi connectivity index (χ0) is 27.9. The predicted octanol–water partition coefficient (Wildman–Crippen LogP) is 5.59. The van der Waals surface area contributed by atoms with Crippen LogP contribution in [0.1, 0.15) is 34.0 Å². The summed E-state index contributed by atoms with van der Waals surface area (Å²) in [7, 11) is 3.96. The van der Waals surface area contributed by atoms with Gasteiger partial charge in [0.15, 0.2) is 0 Å². The Hall–Kier alpha value is -3.66. The van der Waals surface area contributed by atoms with Crippen molar-refractivity contribution in [3.8, 4) is 0 Å². The molecule has 0 saturated heterocycles. The van der Waals surface area contributed by atoms with Crippen molar-refractivity contribution in [2.75, 3.05) is 39.1 Å². The van der Waals surface area contributed by atoms with E-state index in [1.807, 2.05) is 54.2 Å². The maximum absolute atomic E-state index is 14.0. The van der Waals surface area contributed by atoms with Crippen molar-refractivity contribution in [2.24, 2.45) is 0 Å². The summed E-state index contributed by atoms with van der Waals surface area (Å²) in [5.74, 6) is 0.570. The van der Waals surface area contributed by atoms with Crippen molar-refractivity contribution < 1.29 is 13.9 Å². The van der Waals surface area contributed by atoms with Gasteiger partial charge in [-0.05, 0) is 44.1 Å². The van der Waals surface area contributed by atoms with E-state index in [1.54, 1.807) is 35.9 Å². The minimum atomic E-state index is -0.254. The van der Waals surface area contributed by atoms with Crippen LogP contribution in [-0.2, 0) is 29.1 Å². The molecule has 40 heavy (non-hydrogen) atoms. The molecule has 2 aromatic heterocycles. The van der Waals surface area contributed by atoms with Gasteiger partial charge in [0, 0.05) is 36.2 Å². The number of fused-ring (bicyclic) bond motifs is 3. The minimum Gasteiger partial charge on any atom is -0.377 e. The van der Waals surface area contributed by atoms with Gasteiger partial charge in [-0.2, -0.15) is 0 Å². The highest BCUT2D eigenvalue weighted by atomic mass is 32.1. The molecule has 0 aliphatic carbocycles. The van der Waals surface area contributed by atoms with Gasteiger partial charge in [-0.1, -0.05) is 54.6 Å². The third kappa shape index (κ3) is 6.72. The summed E-state index contributed by atoms with van der Waals surface area (Å²) >= 11 is 1.63. The number of hydrogen-bond acceptors (Lipinski definition) is 7. The largest absolute Gasteiger partial charge is 0.377 e. The minimum absolute atomic E-state index is 0.0360. The molecule has 1 aliphatic rings. The lowest BCUT2D eigenvalue weighted by atomic mass is 10.0. The number of hydrogen-bond donors (Lipinski definition) is 1. The molecule has 9 heteroatoms. The third-order valence-electron chi connectivity index (χ3n) is 6.96. The van der Waals surface area contributed by atoms with Crippen LogP contribution >= 0.6 is 11.3 Å². The van der Waals surface area contributed by atoms with Crippen LogP contribution in [0.15, 0.2) is 73.1 Å². The number of carbonyl (C=O) groups is 1. The van der Waals surface area contributed by atoms with Gasteiger partial charge in [0.2, 0.25) is 5.91 Å². The summed E-state index contributed by atoms with van der Waals surface area (Å²) in [5.41, 5.74) is 2.89. The van der Waals surface area contributed by atoms with Crippen LogP contribution in [0.3, 0.4) is 0 Å². The van der Waals surface area contributed by atoms with Gasteiger partial charge in [0.1, 0.15) is 22.8 Å². The second-order valence-electron chi connectivity index (χ2n) is 10.1. The molecule has 208 valence electrons. The Morgan fingerprint density at radius 3 is 2.77 bits per heavy atom. The molecule has 1 aliphatic heterocycles. The van der Waals surface area contributed by atoms with Gasteiger partial charge < -0.3 is 19.9 Å². The smallest absolute Gasteiger partial charge is 0.246 e. The molecule has 0 spiro atoms. The van der Waals surface area contributed by atoms with E-state index in [9.17, 15) is 9.18 Å².